The summed E-state index contributed by atoms with van der Waals surface area (Å²) in [7, 11) is 2.96. The van der Waals surface area contributed by atoms with Gasteiger partial charge in [0, 0.05) is 28.3 Å². The molecule has 0 aromatic heterocycles. The van der Waals surface area contributed by atoms with Gasteiger partial charge in [0.15, 0.2) is 5.78 Å². The molecule has 0 saturated heterocycles. The topological polar surface area (TPSA) is 64.6 Å². The number of methoxy groups -OCH3 is 2. The number of hydrogen-bond donors (Lipinski definition) is 1. The van der Waals surface area contributed by atoms with Crippen LogP contribution >= 0.6 is 38.5 Å². The number of fused-ring (bicyclic) bond motifs is 2. The van der Waals surface area contributed by atoms with Gasteiger partial charge in [-0.1, -0.05) is 24.3 Å². The molecule has 0 amide bonds. The van der Waals surface area contributed by atoms with Crippen LogP contribution in [0.1, 0.15) is 34.3 Å². The highest BCUT2D eigenvalue weighted by Gasteiger charge is 2.43. The van der Waals surface area contributed by atoms with E-state index in [2.05, 4.69) is 43.8 Å². The highest BCUT2D eigenvalue weighted by atomic mass is 127. The van der Waals surface area contributed by atoms with E-state index in [1.165, 1.54) is 7.11 Å². The smallest absolute Gasteiger partial charge is 0.336 e. The lowest BCUT2D eigenvalue weighted by atomic mass is 9.80. The first-order valence-corrected chi connectivity index (χ1v) is 10.7. The van der Waals surface area contributed by atoms with Gasteiger partial charge in [-0.15, -0.1) is 0 Å². The average Bonchev–Trinajstić information content (AvgIpc) is 2.98. The van der Waals surface area contributed by atoms with Crippen LogP contribution in [0, 0.1) is 3.57 Å². The number of allylic oxidation sites excluding steroid dienone is 2. The summed E-state index contributed by atoms with van der Waals surface area (Å²) in [6, 6.07) is 11.3. The monoisotopic (exact) mass is 565 g/mol. The fraction of sp³-hybridized carbons (Fsp3) is 0.182. The maximum atomic E-state index is 13.4. The number of halogens is 2. The van der Waals surface area contributed by atoms with Gasteiger partial charge in [-0.25, -0.2) is 4.79 Å². The molecule has 2 aromatic rings. The molecule has 0 bridgehead atoms. The van der Waals surface area contributed by atoms with Crippen LogP contribution < -0.4 is 10.1 Å². The van der Waals surface area contributed by atoms with E-state index in [9.17, 15) is 9.59 Å². The molecule has 5 nitrogen and oxygen atoms in total. The van der Waals surface area contributed by atoms with Crippen molar-refractivity contribution in [2.45, 2.75) is 12.8 Å². The first-order valence-electron chi connectivity index (χ1n) is 8.86. The first-order chi connectivity index (χ1) is 13.9. The Bertz CT molecular complexity index is 1110. The standard InChI is InChI=1S/C22H17BrINO4/c1-10-16(22(27)29-3)17(11-8-14(23)21(28-2)15(24)9-11)18-19(25-10)12-6-4-5-7-13(12)20(18)26/h4-9,17,25H,1-3H3/t17-/m0/s1. The molecule has 0 saturated carbocycles. The molecule has 0 radical (unpaired) electrons. The van der Waals surface area contributed by atoms with Gasteiger partial charge in [-0.05, 0) is 63.1 Å². The number of nitrogens with one attached hydrogen (secondary N) is 1. The number of esters is 1. The number of hydrogen-bond acceptors (Lipinski definition) is 5. The Morgan fingerprint density at radius 3 is 2.48 bits per heavy atom. The predicted octanol–water partition coefficient (Wildman–Crippen LogP) is 4.80. The summed E-state index contributed by atoms with van der Waals surface area (Å²) in [5.41, 5.74) is 4.72. The molecule has 1 atom stereocenters. The Morgan fingerprint density at radius 1 is 1.17 bits per heavy atom. The van der Waals surface area contributed by atoms with Crippen molar-refractivity contribution in [1.29, 1.82) is 0 Å². The minimum atomic E-state index is -0.547. The lowest BCUT2D eigenvalue weighted by Gasteiger charge is -2.29. The summed E-state index contributed by atoms with van der Waals surface area (Å²) < 4.78 is 12.1. The number of carbonyl (C=O) groups excluding carboxylic acids is 2. The number of Topliss-reactive ketones (excluding diaryl/α,β-unsaturated/α-hetero) is 1. The number of carbonyl (C=O) groups is 2. The molecule has 1 aliphatic heterocycles. The van der Waals surface area contributed by atoms with Gasteiger partial charge < -0.3 is 14.8 Å². The summed E-state index contributed by atoms with van der Waals surface area (Å²) in [6.45, 7) is 1.83. The van der Waals surface area contributed by atoms with Crippen molar-refractivity contribution < 1.29 is 19.1 Å². The molecule has 2 aliphatic rings. The summed E-state index contributed by atoms with van der Waals surface area (Å²) in [6.07, 6.45) is 0. The molecule has 1 heterocycles. The fourth-order valence-electron chi connectivity index (χ4n) is 3.98. The third-order valence-corrected chi connectivity index (χ3v) is 6.60. The van der Waals surface area contributed by atoms with Crippen LogP contribution in [0.4, 0.5) is 0 Å². The molecule has 1 aliphatic carbocycles. The lowest BCUT2D eigenvalue weighted by Crippen LogP contribution is -2.29. The zero-order chi connectivity index (χ0) is 20.9. The highest BCUT2D eigenvalue weighted by Crippen LogP contribution is 2.48. The summed E-state index contributed by atoms with van der Waals surface area (Å²) in [5, 5.41) is 3.28. The van der Waals surface area contributed by atoms with Crippen molar-refractivity contribution >= 4 is 56.0 Å². The number of dihydropyridines is 1. The van der Waals surface area contributed by atoms with E-state index in [0.717, 1.165) is 24.9 Å². The second-order valence-electron chi connectivity index (χ2n) is 6.77. The molecule has 0 spiro atoms. The van der Waals surface area contributed by atoms with Gasteiger partial charge in [0.25, 0.3) is 0 Å². The van der Waals surface area contributed by atoms with Crippen molar-refractivity contribution in [1.82, 2.24) is 5.32 Å². The average molecular weight is 566 g/mol. The Hall–Kier alpha value is -2.13. The van der Waals surface area contributed by atoms with Crippen LogP contribution in [0.5, 0.6) is 5.75 Å². The fourth-order valence-corrected chi connectivity index (χ4v) is 5.86. The van der Waals surface area contributed by atoms with Crippen LogP contribution in [0.25, 0.3) is 5.70 Å². The Kier molecular flexibility index (Phi) is 5.29. The van der Waals surface area contributed by atoms with Gasteiger partial charge >= 0.3 is 5.97 Å². The van der Waals surface area contributed by atoms with Crippen molar-refractivity contribution in [3.05, 3.63) is 78.0 Å². The second kappa shape index (κ2) is 7.60. The summed E-state index contributed by atoms with van der Waals surface area (Å²) in [5.74, 6) is -0.380. The van der Waals surface area contributed by atoms with Gasteiger partial charge in [-0.2, -0.15) is 0 Å². The predicted molar refractivity (Wildman–Crippen MR) is 122 cm³/mol. The lowest BCUT2D eigenvalue weighted by molar-refractivity contribution is -0.136. The van der Waals surface area contributed by atoms with E-state index in [0.29, 0.717) is 28.2 Å². The SMILES string of the molecule is COC(=O)C1=C(C)NC2=C(C(=O)c3ccccc32)[C@H]1c1cc(Br)c(OC)c(I)c1. The van der Waals surface area contributed by atoms with E-state index in [1.807, 2.05) is 43.3 Å². The van der Waals surface area contributed by atoms with Crippen LogP contribution in [0.15, 0.2) is 57.7 Å². The van der Waals surface area contributed by atoms with Crippen LogP contribution in [0.3, 0.4) is 0 Å². The highest BCUT2D eigenvalue weighted by molar-refractivity contribution is 14.1. The van der Waals surface area contributed by atoms with Gasteiger partial charge in [0.05, 0.1) is 33.5 Å². The van der Waals surface area contributed by atoms with Crippen LogP contribution in [-0.2, 0) is 9.53 Å². The van der Waals surface area contributed by atoms with Gasteiger partial charge in [-0.3, -0.25) is 4.79 Å². The van der Waals surface area contributed by atoms with Crippen LogP contribution in [-0.4, -0.2) is 26.0 Å². The van der Waals surface area contributed by atoms with Crippen molar-refractivity contribution in [2.75, 3.05) is 14.2 Å². The molecule has 2 aromatic carbocycles. The molecular weight excluding hydrogens is 549 g/mol. The number of rotatable bonds is 3. The van der Waals surface area contributed by atoms with Gasteiger partial charge in [0.1, 0.15) is 5.75 Å². The maximum Gasteiger partial charge on any atom is 0.336 e. The Labute approximate surface area is 190 Å². The molecule has 0 unspecified atom stereocenters. The molecule has 0 fully saturated rings. The first kappa shape index (κ1) is 20.2. The Balaban J connectivity index is 1.98. The minimum absolute atomic E-state index is 0.0797. The molecule has 1 N–H and O–H groups in total. The van der Waals surface area contributed by atoms with Crippen molar-refractivity contribution in [3.63, 3.8) is 0 Å². The van der Waals surface area contributed by atoms with E-state index < -0.39 is 11.9 Å². The summed E-state index contributed by atoms with van der Waals surface area (Å²) in [4.78, 5) is 26.1. The summed E-state index contributed by atoms with van der Waals surface area (Å²) >= 11 is 5.74. The van der Waals surface area contributed by atoms with E-state index in [1.54, 1.807) is 7.11 Å². The van der Waals surface area contributed by atoms with E-state index in [4.69, 9.17) is 9.47 Å². The number of benzene rings is 2. The minimum Gasteiger partial charge on any atom is -0.494 e. The third kappa shape index (κ3) is 3.11. The molecule has 148 valence electrons. The number of ether oxygens (including phenoxy) is 2. The number of ketones is 1. The zero-order valence-corrected chi connectivity index (χ0v) is 19.7. The Morgan fingerprint density at radius 2 is 1.86 bits per heavy atom. The van der Waals surface area contributed by atoms with E-state index >= 15 is 0 Å². The molecule has 4 rings (SSSR count). The van der Waals surface area contributed by atoms with Crippen molar-refractivity contribution in [3.8, 4) is 5.75 Å². The van der Waals surface area contributed by atoms with E-state index in [-0.39, 0.29) is 5.78 Å². The molecular formula is C22H17BrINO4. The maximum absolute atomic E-state index is 13.4. The quantitative estimate of drug-likeness (QED) is 0.428. The van der Waals surface area contributed by atoms with Crippen LogP contribution in [0.2, 0.25) is 0 Å². The molecule has 7 heteroatoms. The second-order valence-corrected chi connectivity index (χ2v) is 8.79. The normalized spacial score (nSPS) is 17.7. The zero-order valence-electron chi connectivity index (χ0n) is 15.9. The van der Waals surface area contributed by atoms with Crippen molar-refractivity contribution in [2.24, 2.45) is 0 Å². The van der Waals surface area contributed by atoms with Gasteiger partial charge in [0.2, 0.25) is 0 Å². The molecule has 29 heavy (non-hydrogen) atoms. The largest absolute Gasteiger partial charge is 0.494 e. The third-order valence-electron chi connectivity index (χ3n) is 5.21.